The van der Waals surface area contributed by atoms with Crippen molar-refractivity contribution in [1.82, 2.24) is 9.62 Å². The van der Waals surface area contributed by atoms with Crippen LogP contribution in [0.5, 0.6) is 5.75 Å². The van der Waals surface area contributed by atoms with Gasteiger partial charge in [-0.15, -0.1) is 0 Å². The van der Waals surface area contributed by atoms with E-state index in [1.807, 2.05) is 26.0 Å². The molecule has 12 heteroatoms. The van der Waals surface area contributed by atoms with Crippen molar-refractivity contribution in [2.45, 2.75) is 62.5 Å². The SMILES string of the molecule is COc1ccc(S(=O)(=O)N(CC(C)C)C[C@@H](O)[C@H](Cc2ccc(CC=O)cc2)NC(=O)O[C@H]2CO[C@H]3OCC[C@H]32)cc1. The maximum Gasteiger partial charge on any atom is 0.407 e. The van der Waals surface area contributed by atoms with Gasteiger partial charge >= 0.3 is 6.09 Å². The molecule has 230 valence electrons. The normalized spacial score (nSPS) is 21.6. The van der Waals surface area contributed by atoms with Gasteiger partial charge in [0, 0.05) is 19.5 Å². The van der Waals surface area contributed by atoms with Gasteiger partial charge in [-0.2, -0.15) is 4.31 Å². The van der Waals surface area contributed by atoms with Crippen LogP contribution in [-0.2, 0) is 41.9 Å². The Morgan fingerprint density at radius 2 is 1.79 bits per heavy atom. The Kier molecular flexibility index (Phi) is 11.0. The highest BCUT2D eigenvalue weighted by Gasteiger charge is 2.44. The molecular weight excluding hydrogens is 564 g/mol. The van der Waals surface area contributed by atoms with Gasteiger partial charge in [0.05, 0.1) is 43.3 Å². The highest BCUT2D eigenvalue weighted by Crippen LogP contribution is 2.33. The predicted molar refractivity (Wildman–Crippen MR) is 154 cm³/mol. The van der Waals surface area contributed by atoms with Crippen LogP contribution in [0.3, 0.4) is 0 Å². The van der Waals surface area contributed by atoms with Crippen LogP contribution in [0.4, 0.5) is 4.79 Å². The minimum atomic E-state index is -3.98. The highest BCUT2D eigenvalue weighted by atomic mass is 32.2. The number of aliphatic hydroxyl groups is 1. The second kappa shape index (κ2) is 14.4. The molecule has 11 nitrogen and oxygen atoms in total. The summed E-state index contributed by atoms with van der Waals surface area (Å²) in [5.41, 5.74) is 1.62. The Bertz CT molecular complexity index is 1280. The van der Waals surface area contributed by atoms with E-state index in [9.17, 15) is 23.1 Å². The molecule has 4 rings (SSSR count). The number of alkyl carbamates (subject to hydrolysis) is 1. The summed E-state index contributed by atoms with van der Waals surface area (Å²) < 4.78 is 50.4. The van der Waals surface area contributed by atoms with Gasteiger partial charge in [-0.1, -0.05) is 38.1 Å². The van der Waals surface area contributed by atoms with Crippen LogP contribution in [-0.4, -0.2) is 88.2 Å². The average Bonchev–Trinajstić information content (AvgIpc) is 3.58. The van der Waals surface area contributed by atoms with Crippen molar-refractivity contribution >= 4 is 22.4 Å². The van der Waals surface area contributed by atoms with Crippen LogP contribution in [0.15, 0.2) is 53.4 Å². The number of nitrogens with one attached hydrogen (secondary N) is 1. The fourth-order valence-corrected chi connectivity index (χ4v) is 6.85. The number of carbonyl (C=O) groups is 2. The van der Waals surface area contributed by atoms with Gasteiger partial charge in [-0.3, -0.25) is 0 Å². The summed E-state index contributed by atoms with van der Waals surface area (Å²) in [4.78, 5) is 24.0. The molecule has 2 aliphatic heterocycles. The van der Waals surface area contributed by atoms with E-state index in [4.69, 9.17) is 18.9 Å². The van der Waals surface area contributed by atoms with Gasteiger partial charge in [0.2, 0.25) is 10.0 Å². The third-order valence-electron chi connectivity index (χ3n) is 7.47. The summed E-state index contributed by atoms with van der Waals surface area (Å²) in [5, 5.41) is 14.2. The molecule has 1 amide bonds. The van der Waals surface area contributed by atoms with Crippen LogP contribution < -0.4 is 10.1 Å². The molecule has 0 radical (unpaired) electrons. The molecule has 0 aromatic heterocycles. The number of hydrogen-bond donors (Lipinski definition) is 2. The lowest BCUT2D eigenvalue weighted by molar-refractivity contribution is -0.107. The van der Waals surface area contributed by atoms with E-state index < -0.39 is 34.4 Å². The molecule has 0 aliphatic carbocycles. The van der Waals surface area contributed by atoms with E-state index >= 15 is 0 Å². The summed E-state index contributed by atoms with van der Waals surface area (Å²) in [6.45, 7) is 4.43. The summed E-state index contributed by atoms with van der Waals surface area (Å²) >= 11 is 0. The first kappa shape index (κ1) is 31.9. The Hall–Kier alpha value is -3.03. The molecule has 0 spiro atoms. The number of carbonyl (C=O) groups excluding carboxylic acids is 2. The number of methoxy groups -OCH3 is 1. The quantitative estimate of drug-likeness (QED) is 0.311. The number of rotatable bonds is 14. The Morgan fingerprint density at radius 3 is 2.43 bits per heavy atom. The van der Waals surface area contributed by atoms with Gasteiger partial charge < -0.3 is 34.2 Å². The Morgan fingerprint density at radius 1 is 1.10 bits per heavy atom. The number of fused-ring (bicyclic) bond motifs is 1. The zero-order chi connectivity index (χ0) is 30.3. The third kappa shape index (κ3) is 8.07. The van der Waals surface area contributed by atoms with Crippen molar-refractivity contribution in [3.8, 4) is 5.75 Å². The van der Waals surface area contributed by atoms with Gasteiger partial charge in [-0.25, -0.2) is 13.2 Å². The van der Waals surface area contributed by atoms with Crippen LogP contribution in [0.25, 0.3) is 0 Å². The Balaban J connectivity index is 1.53. The molecule has 42 heavy (non-hydrogen) atoms. The smallest absolute Gasteiger partial charge is 0.407 e. The Labute approximate surface area is 247 Å². The van der Waals surface area contributed by atoms with Crippen LogP contribution >= 0.6 is 0 Å². The topological polar surface area (TPSA) is 141 Å². The van der Waals surface area contributed by atoms with Crippen LogP contribution in [0.1, 0.15) is 31.4 Å². The van der Waals surface area contributed by atoms with Gasteiger partial charge in [0.25, 0.3) is 0 Å². The molecule has 0 saturated carbocycles. The third-order valence-corrected chi connectivity index (χ3v) is 9.31. The molecule has 2 fully saturated rings. The molecule has 0 bridgehead atoms. The van der Waals surface area contributed by atoms with Crippen molar-refractivity contribution in [1.29, 1.82) is 0 Å². The number of amides is 1. The van der Waals surface area contributed by atoms with E-state index in [0.717, 1.165) is 23.8 Å². The van der Waals surface area contributed by atoms with Crippen LogP contribution in [0, 0.1) is 11.8 Å². The summed E-state index contributed by atoms with van der Waals surface area (Å²) in [6.07, 6.45) is -0.862. The molecule has 0 unspecified atom stereocenters. The van der Waals surface area contributed by atoms with E-state index in [1.165, 1.54) is 23.5 Å². The molecule has 2 aromatic rings. The largest absolute Gasteiger partial charge is 0.497 e. The standard InChI is InChI=1S/C30H40N2O9S/c1-20(2)17-32(42(36,37)24-10-8-23(38-3)9-11-24)18-27(34)26(16-22-6-4-21(5-7-22)12-14-33)31-30(35)41-28-19-40-29-25(28)13-15-39-29/h4-11,14,20,25-29,34H,12-13,15-19H2,1-3H3,(H,31,35)/t25-,26-,27+,28-,29+/m0/s1. The van der Waals surface area contributed by atoms with Crippen molar-refractivity contribution < 1.29 is 42.1 Å². The first-order chi connectivity index (χ1) is 20.1. The van der Waals surface area contributed by atoms with Crippen molar-refractivity contribution in [2.75, 3.05) is 33.4 Å². The number of hydrogen-bond acceptors (Lipinski definition) is 9. The van der Waals surface area contributed by atoms with Crippen molar-refractivity contribution in [3.05, 3.63) is 59.7 Å². The zero-order valence-corrected chi connectivity index (χ0v) is 25.0. The average molecular weight is 605 g/mol. The highest BCUT2D eigenvalue weighted by molar-refractivity contribution is 7.89. The zero-order valence-electron chi connectivity index (χ0n) is 24.2. The number of aldehydes is 1. The molecule has 2 N–H and O–H groups in total. The van der Waals surface area contributed by atoms with Gasteiger partial charge in [0.1, 0.15) is 18.1 Å². The second-order valence-corrected chi connectivity index (χ2v) is 13.0. The predicted octanol–water partition coefficient (Wildman–Crippen LogP) is 2.54. The van der Waals surface area contributed by atoms with E-state index in [-0.39, 0.29) is 55.6 Å². The number of aliphatic hydroxyl groups excluding tert-OH is 1. The molecule has 2 aliphatic rings. The minimum Gasteiger partial charge on any atom is -0.497 e. The molecule has 2 heterocycles. The second-order valence-electron chi connectivity index (χ2n) is 11.1. The van der Waals surface area contributed by atoms with Crippen molar-refractivity contribution in [3.63, 3.8) is 0 Å². The monoisotopic (exact) mass is 604 g/mol. The number of ether oxygens (including phenoxy) is 4. The summed E-state index contributed by atoms with van der Waals surface area (Å²) in [5.74, 6) is 0.436. The molecule has 5 atom stereocenters. The fourth-order valence-electron chi connectivity index (χ4n) is 5.23. The lowest BCUT2D eigenvalue weighted by atomic mass is 9.99. The lowest BCUT2D eigenvalue weighted by Gasteiger charge is -2.31. The maximum atomic E-state index is 13.6. The maximum absolute atomic E-state index is 13.6. The summed E-state index contributed by atoms with van der Waals surface area (Å²) in [6, 6.07) is 12.4. The first-order valence-electron chi connectivity index (χ1n) is 14.1. The molecule has 2 saturated heterocycles. The summed E-state index contributed by atoms with van der Waals surface area (Å²) in [7, 11) is -2.48. The molecule has 2 aromatic carbocycles. The van der Waals surface area contributed by atoms with E-state index in [1.54, 1.807) is 24.3 Å². The van der Waals surface area contributed by atoms with E-state index in [2.05, 4.69) is 5.32 Å². The fraction of sp³-hybridized carbons (Fsp3) is 0.533. The van der Waals surface area contributed by atoms with Crippen LogP contribution in [0.2, 0.25) is 0 Å². The van der Waals surface area contributed by atoms with Gasteiger partial charge in [-0.05, 0) is 54.2 Å². The number of benzene rings is 2. The molecular formula is C30H40N2O9S. The van der Waals surface area contributed by atoms with Gasteiger partial charge in [0.15, 0.2) is 6.29 Å². The number of nitrogens with zero attached hydrogens (tertiary/aromatic N) is 1. The minimum absolute atomic E-state index is 0.0316. The van der Waals surface area contributed by atoms with Crippen molar-refractivity contribution in [2.24, 2.45) is 11.8 Å². The first-order valence-corrected chi connectivity index (χ1v) is 15.6. The number of sulfonamides is 1. The lowest BCUT2D eigenvalue weighted by Crippen LogP contribution is -2.51. The van der Waals surface area contributed by atoms with E-state index in [0.29, 0.717) is 12.4 Å².